The summed E-state index contributed by atoms with van der Waals surface area (Å²) in [5.41, 5.74) is -1.74. The number of benzene rings is 1. The number of nitro groups is 1. The van der Waals surface area contributed by atoms with Gasteiger partial charge in [-0.3, -0.25) is 10.1 Å². The summed E-state index contributed by atoms with van der Waals surface area (Å²) < 4.78 is 46.1. The van der Waals surface area contributed by atoms with Gasteiger partial charge in [-0.15, -0.1) is 0 Å². The number of alkyl halides is 3. The number of imidazole rings is 1. The van der Waals surface area contributed by atoms with Gasteiger partial charge in [-0.1, -0.05) is 6.42 Å². The lowest BCUT2D eigenvalue weighted by Gasteiger charge is -2.32. The van der Waals surface area contributed by atoms with Gasteiger partial charge >= 0.3 is 11.9 Å². The molecule has 0 saturated heterocycles. The van der Waals surface area contributed by atoms with Crippen LogP contribution in [0.5, 0.6) is 5.75 Å². The molecular formula is C16H16F3N3O3. The first-order valence-corrected chi connectivity index (χ1v) is 7.86. The molecule has 3 rings (SSSR count). The van der Waals surface area contributed by atoms with Crippen molar-refractivity contribution in [3.63, 3.8) is 0 Å². The lowest BCUT2D eigenvalue weighted by atomic mass is 9.92. The van der Waals surface area contributed by atoms with E-state index in [0.717, 1.165) is 31.4 Å². The Morgan fingerprint density at radius 2 is 2.04 bits per heavy atom. The zero-order valence-electron chi connectivity index (χ0n) is 13.1. The van der Waals surface area contributed by atoms with Gasteiger partial charge < -0.3 is 9.30 Å². The Kier molecular flexibility index (Phi) is 4.65. The van der Waals surface area contributed by atoms with Crippen LogP contribution in [-0.2, 0) is 6.18 Å². The van der Waals surface area contributed by atoms with E-state index in [9.17, 15) is 23.3 Å². The van der Waals surface area contributed by atoms with E-state index in [1.165, 1.54) is 0 Å². The lowest BCUT2D eigenvalue weighted by molar-refractivity contribution is -0.386. The van der Waals surface area contributed by atoms with E-state index in [1.807, 2.05) is 4.57 Å². The molecule has 0 spiro atoms. The van der Waals surface area contributed by atoms with Gasteiger partial charge in [0.1, 0.15) is 6.10 Å². The number of hydrogen-bond donors (Lipinski definition) is 0. The minimum atomic E-state index is -4.65. The number of nitro benzene ring substituents is 1. The second-order valence-electron chi connectivity index (χ2n) is 5.96. The summed E-state index contributed by atoms with van der Waals surface area (Å²) in [5.74, 6) is -0.144. The molecule has 1 saturated carbocycles. The molecule has 9 heteroatoms. The Labute approximate surface area is 141 Å². The van der Waals surface area contributed by atoms with Crippen molar-refractivity contribution in [1.82, 2.24) is 9.55 Å². The second-order valence-corrected chi connectivity index (χ2v) is 5.96. The third-order valence-corrected chi connectivity index (χ3v) is 4.34. The summed E-state index contributed by atoms with van der Waals surface area (Å²) in [6.07, 6.45) is 3.41. The van der Waals surface area contributed by atoms with Crippen molar-refractivity contribution in [3.05, 3.63) is 52.6 Å². The minimum Gasteiger partial charge on any atom is -0.481 e. The van der Waals surface area contributed by atoms with E-state index in [0.29, 0.717) is 12.5 Å². The monoisotopic (exact) mass is 355 g/mol. The molecule has 25 heavy (non-hydrogen) atoms. The Morgan fingerprint density at radius 1 is 1.28 bits per heavy atom. The van der Waals surface area contributed by atoms with E-state index >= 15 is 0 Å². The zero-order valence-corrected chi connectivity index (χ0v) is 13.1. The predicted octanol–water partition coefficient (Wildman–Crippen LogP) is 4.37. The fourth-order valence-corrected chi connectivity index (χ4v) is 3.12. The van der Waals surface area contributed by atoms with Crippen molar-refractivity contribution in [2.24, 2.45) is 0 Å². The van der Waals surface area contributed by atoms with E-state index in [1.54, 1.807) is 18.7 Å². The Hall–Kier alpha value is -2.58. The third-order valence-electron chi connectivity index (χ3n) is 4.34. The summed E-state index contributed by atoms with van der Waals surface area (Å²) >= 11 is 0. The molecule has 0 aliphatic heterocycles. The van der Waals surface area contributed by atoms with Crippen LogP contribution in [-0.4, -0.2) is 20.6 Å². The normalized spacial score (nSPS) is 21.1. The molecule has 1 aliphatic rings. The third kappa shape index (κ3) is 3.75. The standard InChI is InChI=1S/C16H16F3N3O3/c17-16(18,19)11-5-6-15(13(9-11)22(23)24)25-14-4-2-1-3-12(14)21-8-7-20-10-21/h5-10,12,14H,1-4H2/t12-,14-/m0/s1. The van der Waals surface area contributed by atoms with Crippen LogP contribution in [0.25, 0.3) is 0 Å². The van der Waals surface area contributed by atoms with Gasteiger partial charge in [0, 0.05) is 18.5 Å². The van der Waals surface area contributed by atoms with Gasteiger partial charge in [-0.2, -0.15) is 13.2 Å². The maximum Gasteiger partial charge on any atom is 0.416 e. The van der Waals surface area contributed by atoms with Crippen molar-refractivity contribution >= 4 is 5.69 Å². The summed E-state index contributed by atoms with van der Waals surface area (Å²) in [5, 5.41) is 11.2. The average molecular weight is 355 g/mol. The molecule has 0 bridgehead atoms. The summed E-state index contributed by atoms with van der Waals surface area (Å²) in [6.45, 7) is 0. The van der Waals surface area contributed by atoms with Gasteiger partial charge in [-0.05, 0) is 31.4 Å². The highest BCUT2D eigenvalue weighted by Crippen LogP contribution is 2.39. The Balaban J connectivity index is 1.89. The fourth-order valence-electron chi connectivity index (χ4n) is 3.12. The summed E-state index contributed by atoms with van der Waals surface area (Å²) in [6, 6.07) is 2.29. The number of hydrogen-bond acceptors (Lipinski definition) is 4. The van der Waals surface area contributed by atoms with Crippen LogP contribution < -0.4 is 4.74 Å². The van der Waals surface area contributed by atoms with Crippen LogP contribution in [0.15, 0.2) is 36.9 Å². The van der Waals surface area contributed by atoms with Crippen molar-refractivity contribution in [1.29, 1.82) is 0 Å². The summed E-state index contributed by atoms with van der Waals surface area (Å²) in [4.78, 5) is 14.3. The van der Waals surface area contributed by atoms with Crippen LogP contribution in [0.2, 0.25) is 0 Å². The van der Waals surface area contributed by atoms with E-state index < -0.39 is 22.4 Å². The van der Waals surface area contributed by atoms with E-state index in [2.05, 4.69) is 4.98 Å². The van der Waals surface area contributed by atoms with E-state index in [-0.39, 0.29) is 17.9 Å². The molecule has 1 heterocycles. The second kappa shape index (κ2) is 6.73. The van der Waals surface area contributed by atoms with Gasteiger partial charge in [0.25, 0.3) is 0 Å². The maximum atomic E-state index is 12.8. The number of aromatic nitrogens is 2. The zero-order chi connectivity index (χ0) is 18.0. The Bertz CT molecular complexity index is 747. The molecule has 0 amide bonds. The lowest BCUT2D eigenvalue weighted by Crippen LogP contribution is -2.32. The molecule has 6 nitrogen and oxygen atoms in total. The van der Waals surface area contributed by atoms with Crippen molar-refractivity contribution in [2.75, 3.05) is 0 Å². The van der Waals surface area contributed by atoms with Crippen LogP contribution in [0.3, 0.4) is 0 Å². The highest BCUT2D eigenvalue weighted by atomic mass is 19.4. The fraction of sp³-hybridized carbons (Fsp3) is 0.438. The number of nitrogens with zero attached hydrogens (tertiary/aromatic N) is 3. The predicted molar refractivity (Wildman–Crippen MR) is 82.2 cm³/mol. The van der Waals surface area contributed by atoms with Crippen molar-refractivity contribution < 1.29 is 22.8 Å². The average Bonchev–Trinajstić information content (AvgIpc) is 3.09. The van der Waals surface area contributed by atoms with Crippen LogP contribution >= 0.6 is 0 Å². The molecule has 134 valence electrons. The number of rotatable bonds is 4. The number of halogens is 3. The van der Waals surface area contributed by atoms with Crippen molar-refractivity contribution in [2.45, 2.75) is 44.0 Å². The molecule has 1 aliphatic carbocycles. The van der Waals surface area contributed by atoms with Crippen LogP contribution in [0.1, 0.15) is 37.3 Å². The summed E-state index contributed by atoms with van der Waals surface area (Å²) in [7, 11) is 0. The van der Waals surface area contributed by atoms with Gasteiger partial charge in [-0.25, -0.2) is 4.98 Å². The molecule has 2 aromatic rings. The quantitative estimate of drug-likeness (QED) is 0.603. The minimum absolute atomic E-state index is 0.0573. The molecule has 2 atom stereocenters. The molecule has 1 aromatic carbocycles. The van der Waals surface area contributed by atoms with Gasteiger partial charge in [0.05, 0.1) is 22.9 Å². The van der Waals surface area contributed by atoms with Gasteiger partial charge in [0.15, 0.2) is 5.75 Å². The molecule has 0 radical (unpaired) electrons. The first-order chi connectivity index (χ1) is 11.9. The van der Waals surface area contributed by atoms with Crippen LogP contribution in [0, 0.1) is 10.1 Å². The first kappa shape index (κ1) is 17.2. The largest absolute Gasteiger partial charge is 0.481 e. The first-order valence-electron chi connectivity index (χ1n) is 7.86. The smallest absolute Gasteiger partial charge is 0.416 e. The molecular weight excluding hydrogens is 339 g/mol. The molecule has 0 N–H and O–H groups in total. The molecule has 1 fully saturated rings. The molecule has 1 aromatic heterocycles. The SMILES string of the molecule is O=[N+]([O-])c1cc(C(F)(F)F)ccc1O[C@H]1CCCC[C@@H]1n1ccnc1. The van der Waals surface area contributed by atoms with Gasteiger partial charge in [0.2, 0.25) is 0 Å². The maximum absolute atomic E-state index is 12.8. The highest BCUT2D eigenvalue weighted by Gasteiger charge is 2.35. The highest BCUT2D eigenvalue weighted by molar-refractivity contribution is 5.49. The molecule has 0 unspecified atom stereocenters. The Morgan fingerprint density at radius 3 is 2.68 bits per heavy atom. The topological polar surface area (TPSA) is 70.2 Å². The van der Waals surface area contributed by atoms with Crippen molar-refractivity contribution in [3.8, 4) is 5.75 Å². The number of ether oxygens (including phenoxy) is 1. The van der Waals surface area contributed by atoms with Crippen LogP contribution in [0.4, 0.5) is 18.9 Å². The van der Waals surface area contributed by atoms with E-state index in [4.69, 9.17) is 4.74 Å².